The average molecular weight is 368 g/mol. The van der Waals surface area contributed by atoms with Gasteiger partial charge in [0.15, 0.2) is 5.69 Å². The van der Waals surface area contributed by atoms with E-state index >= 15 is 0 Å². The number of hydrazine groups is 1. The van der Waals surface area contributed by atoms with E-state index in [9.17, 15) is 14.4 Å². The van der Waals surface area contributed by atoms with Gasteiger partial charge >= 0.3 is 0 Å². The first-order valence-corrected chi connectivity index (χ1v) is 8.88. The third kappa shape index (κ3) is 4.28. The Morgan fingerprint density at radius 2 is 1.65 bits per heavy atom. The van der Waals surface area contributed by atoms with Crippen LogP contribution in [0.25, 0.3) is 10.8 Å². The zero-order valence-electron chi connectivity index (χ0n) is 13.7. The van der Waals surface area contributed by atoms with Crippen LogP contribution in [0.1, 0.15) is 16.9 Å². The minimum Gasteiger partial charge on any atom is -0.273 e. The number of amides is 2. The molecule has 1 aromatic heterocycles. The maximum atomic E-state index is 12.3. The van der Waals surface area contributed by atoms with Crippen molar-refractivity contribution in [1.29, 1.82) is 0 Å². The van der Waals surface area contributed by atoms with Gasteiger partial charge in [0.1, 0.15) is 0 Å². The van der Waals surface area contributed by atoms with Crippen molar-refractivity contribution in [3.05, 3.63) is 70.6 Å². The van der Waals surface area contributed by atoms with Crippen LogP contribution in [0.2, 0.25) is 0 Å². The molecule has 26 heavy (non-hydrogen) atoms. The minimum absolute atomic E-state index is 0.0409. The van der Waals surface area contributed by atoms with Crippen LogP contribution in [0.4, 0.5) is 0 Å². The molecular weight excluding hydrogens is 352 g/mol. The molecule has 7 nitrogen and oxygen atoms in total. The molecule has 0 saturated heterocycles. The number of hydrogen-bond acceptors (Lipinski definition) is 5. The monoisotopic (exact) mass is 368 g/mol. The molecule has 0 atom stereocenters. The zero-order valence-corrected chi connectivity index (χ0v) is 14.5. The summed E-state index contributed by atoms with van der Waals surface area (Å²) in [6, 6.07) is 16.4. The fourth-order valence-electron chi connectivity index (χ4n) is 2.31. The molecule has 0 bridgehead atoms. The van der Waals surface area contributed by atoms with Crippen LogP contribution in [0, 0.1) is 0 Å². The highest BCUT2D eigenvalue weighted by Gasteiger charge is 2.14. The second kappa shape index (κ2) is 8.30. The van der Waals surface area contributed by atoms with Crippen molar-refractivity contribution < 1.29 is 9.59 Å². The molecule has 132 valence electrons. The lowest BCUT2D eigenvalue weighted by Crippen LogP contribution is -2.42. The minimum atomic E-state index is -0.596. The second-order valence-electron chi connectivity index (χ2n) is 5.36. The van der Waals surface area contributed by atoms with Crippen LogP contribution in [-0.2, 0) is 4.79 Å². The van der Waals surface area contributed by atoms with Gasteiger partial charge in [-0.25, -0.2) is 5.10 Å². The van der Waals surface area contributed by atoms with Gasteiger partial charge in [0.05, 0.1) is 5.39 Å². The molecule has 3 aromatic rings. The lowest BCUT2D eigenvalue weighted by molar-refractivity contribution is -0.121. The van der Waals surface area contributed by atoms with Gasteiger partial charge in [-0.15, -0.1) is 11.8 Å². The molecule has 3 rings (SSSR count). The molecule has 0 aliphatic heterocycles. The van der Waals surface area contributed by atoms with Crippen LogP contribution >= 0.6 is 11.8 Å². The maximum Gasteiger partial charge on any atom is 0.290 e. The molecule has 0 unspecified atom stereocenters. The number of carbonyl (C=O) groups is 2. The molecule has 1 heterocycles. The summed E-state index contributed by atoms with van der Waals surface area (Å²) in [4.78, 5) is 36.9. The van der Waals surface area contributed by atoms with Gasteiger partial charge in [0.2, 0.25) is 5.91 Å². The fraction of sp³-hybridized carbons (Fsp3) is 0.111. The lowest BCUT2D eigenvalue weighted by atomic mass is 10.1. The number of aromatic amines is 1. The van der Waals surface area contributed by atoms with Crippen molar-refractivity contribution in [3.8, 4) is 0 Å². The Balaban J connectivity index is 1.55. The summed E-state index contributed by atoms with van der Waals surface area (Å²) in [7, 11) is 0. The summed E-state index contributed by atoms with van der Waals surface area (Å²) in [6.45, 7) is 0. The quantitative estimate of drug-likeness (QED) is 0.471. The van der Waals surface area contributed by atoms with Crippen LogP contribution in [0.5, 0.6) is 0 Å². The van der Waals surface area contributed by atoms with Crippen molar-refractivity contribution >= 4 is 34.3 Å². The number of hydrogen-bond donors (Lipinski definition) is 3. The Bertz CT molecular complexity index is 988. The molecule has 0 radical (unpaired) electrons. The Morgan fingerprint density at radius 3 is 2.42 bits per heavy atom. The summed E-state index contributed by atoms with van der Waals surface area (Å²) in [5.41, 5.74) is 4.35. The molecule has 0 fully saturated rings. The maximum absolute atomic E-state index is 12.3. The standard InChI is InChI=1S/C18H16N4O3S/c23-15(10-11-26-12-6-2-1-3-7-12)19-22-18(25)16-13-8-4-5-9-14(13)17(24)21-20-16/h1-9H,10-11H2,(H,19,23)(H,21,24)(H,22,25). The number of carbonyl (C=O) groups excluding carboxylic acids is 2. The van der Waals surface area contributed by atoms with Crippen molar-refractivity contribution in [3.63, 3.8) is 0 Å². The Labute approximate surface area is 153 Å². The van der Waals surface area contributed by atoms with E-state index in [2.05, 4.69) is 21.0 Å². The van der Waals surface area contributed by atoms with E-state index in [4.69, 9.17) is 0 Å². The number of H-pyrrole nitrogens is 1. The number of benzene rings is 2. The predicted octanol–water partition coefficient (Wildman–Crippen LogP) is 1.87. The van der Waals surface area contributed by atoms with Gasteiger partial charge in [-0.3, -0.25) is 25.2 Å². The second-order valence-corrected chi connectivity index (χ2v) is 6.53. The van der Waals surface area contributed by atoms with E-state index in [0.717, 1.165) is 4.90 Å². The lowest BCUT2D eigenvalue weighted by Gasteiger charge is -2.08. The molecule has 0 spiro atoms. The first-order valence-electron chi connectivity index (χ1n) is 7.89. The highest BCUT2D eigenvalue weighted by Crippen LogP contribution is 2.17. The first-order chi connectivity index (χ1) is 12.6. The van der Waals surface area contributed by atoms with E-state index in [1.54, 1.807) is 36.0 Å². The van der Waals surface area contributed by atoms with E-state index in [0.29, 0.717) is 16.5 Å². The summed E-state index contributed by atoms with van der Waals surface area (Å²) >= 11 is 1.56. The van der Waals surface area contributed by atoms with Crippen LogP contribution in [-0.4, -0.2) is 27.8 Å². The van der Waals surface area contributed by atoms with Gasteiger partial charge in [-0.2, -0.15) is 5.10 Å². The number of fused-ring (bicyclic) bond motifs is 1. The molecule has 2 amide bonds. The SMILES string of the molecule is O=C(CCSc1ccccc1)NNC(=O)c1n[nH]c(=O)c2ccccc12. The third-order valence-electron chi connectivity index (χ3n) is 3.57. The Kier molecular flexibility index (Phi) is 5.65. The number of rotatable bonds is 5. The van der Waals surface area contributed by atoms with E-state index in [-0.39, 0.29) is 23.6 Å². The normalized spacial score (nSPS) is 10.5. The molecule has 0 saturated carbocycles. The highest BCUT2D eigenvalue weighted by molar-refractivity contribution is 7.99. The van der Waals surface area contributed by atoms with Crippen molar-refractivity contribution in [1.82, 2.24) is 21.0 Å². The third-order valence-corrected chi connectivity index (χ3v) is 4.58. The largest absolute Gasteiger partial charge is 0.290 e. The highest BCUT2D eigenvalue weighted by atomic mass is 32.2. The predicted molar refractivity (Wildman–Crippen MR) is 99.8 cm³/mol. The first kappa shape index (κ1) is 17.7. The number of aromatic nitrogens is 2. The van der Waals surface area contributed by atoms with E-state index in [1.807, 2.05) is 30.3 Å². The number of thioether (sulfide) groups is 1. The molecule has 0 aliphatic carbocycles. The summed E-state index contributed by atoms with van der Waals surface area (Å²) in [6.07, 6.45) is 0.250. The van der Waals surface area contributed by atoms with Crippen molar-refractivity contribution in [2.45, 2.75) is 11.3 Å². The van der Waals surface area contributed by atoms with Crippen molar-refractivity contribution in [2.75, 3.05) is 5.75 Å². The molecule has 8 heteroatoms. The molecule has 3 N–H and O–H groups in total. The van der Waals surface area contributed by atoms with Crippen LogP contribution in [0.3, 0.4) is 0 Å². The van der Waals surface area contributed by atoms with Gasteiger partial charge in [0, 0.05) is 22.5 Å². The topological polar surface area (TPSA) is 104 Å². The van der Waals surface area contributed by atoms with Gasteiger partial charge in [0.25, 0.3) is 11.5 Å². The van der Waals surface area contributed by atoms with Crippen LogP contribution in [0.15, 0.2) is 64.3 Å². The summed E-state index contributed by atoms with van der Waals surface area (Å²) in [5, 5.41) is 6.84. The molecule has 2 aromatic carbocycles. The summed E-state index contributed by atoms with van der Waals surface area (Å²) in [5.74, 6) is -0.317. The number of nitrogens with one attached hydrogen (secondary N) is 3. The molecule has 0 aliphatic rings. The average Bonchev–Trinajstić information content (AvgIpc) is 2.67. The smallest absolute Gasteiger partial charge is 0.273 e. The van der Waals surface area contributed by atoms with Crippen molar-refractivity contribution in [2.24, 2.45) is 0 Å². The number of nitrogens with zero attached hydrogens (tertiary/aromatic N) is 1. The van der Waals surface area contributed by atoms with Gasteiger partial charge in [-0.05, 0) is 18.2 Å². The van der Waals surface area contributed by atoms with E-state index in [1.165, 1.54) is 0 Å². The van der Waals surface area contributed by atoms with Gasteiger partial charge in [-0.1, -0.05) is 36.4 Å². The van der Waals surface area contributed by atoms with Gasteiger partial charge < -0.3 is 0 Å². The fourth-order valence-corrected chi connectivity index (χ4v) is 3.19. The molecular formula is C18H16N4O3S. The zero-order chi connectivity index (χ0) is 18.4. The van der Waals surface area contributed by atoms with Crippen LogP contribution < -0.4 is 16.4 Å². The Morgan fingerprint density at radius 1 is 0.962 bits per heavy atom. The summed E-state index contributed by atoms with van der Waals surface area (Å²) < 4.78 is 0. The Hall–Kier alpha value is -3.13. The van der Waals surface area contributed by atoms with E-state index < -0.39 is 5.91 Å².